The van der Waals surface area contributed by atoms with E-state index in [1.807, 2.05) is 4.90 Å². The van der Waals surface area contributed by atoms with Gasteiger partial charge in [0.2, 0.25) is 6.41 Å². The van der Waals surface area contributed by atoms with Crippen LogP contribution in [-0.4, -0.2) is 54.7 Å². The lowest BCUT2D eigenvalue weighted by molar-refractivity contribution is -0.119. The molecule has 0 saturated carbocycles. The van der Waals surface area contributed by atoms with E-state index < -0.39 is 0 Å². The zero-order valence-electron chi connectivity index (χ0n) is 6.57. The molecule has 1 aliphatic rings. The van der Waals surface area contributed by atoms with Gasteiger partial charge in [-0.1, -0.05) is 0 Å². The molecule has 1 fully saturated rings. The second kappa shape index (κ2) is 4.62. The Morgan fingerprint density at radius 3 is 2.36 bits per heavy atom. The van der Waals surface area contributed by atoms with Crippen LogP contribution in [0.2, 0.25) is 0 Å². The van der Waals surface area contributed by atoms with Crippen LogP contribution >= 0.6 is 12.6 Å². The SMILES string of the molecule is O=CN1CCN(CCS)CC1. The minimum atomic E-state index is 0.872. The maximum Gasteiger partial charge on any atom is 0.209 e. The molecule has 0 N–H and O–H groups in total. The Morgan fingerprint density at radius 2 is 1.91 bits per heavy atom. The highest BCUT2D eigenvalue weighted by Gasteiger charge is 2.13. The normalized spacial score (nSPS) is 20.3. The average Bonchev–Trinajstić information content (AvgIpc) is 2.07. The molecule has 0 bridgehead atoms. The third kappa shape index (κ3) is 2.71. The summed E-state index contributed by atoms with van der Waals surface area (Å²) in [5, 5.41) is 0. The number of carbonyl (C=O) groups excluding carboxylic acids is 1. The lowest BCUT2D eigenvalue weighted by atomic mass is 10.3. The van der Waals surface area contributed by atoms with Crippen molar-refractivity contribution < 1.29 is 4.79 Å². The van der Waals surface area contributed by atoms with Gasteiger partial charge in [0, 0.05) is 38.5 Å². The summed E-state index contributed by atoms with van der Waals surface area (Å²) < 4.78 is 0. The Hall–Kier alpha value is -0.220. The van der Waals surface area contributed by atoms with Gasteiger partial charge in [0.05, 0.1) is 0 Å². The first-order valence-electron chi connectivity index (χ1n) is 3.89. The number of carbonyl (C=O) groups is 1. The van der Waals surface area contributed by atoms with Crippen LogP contribution in [0, 0.1) is 0 Å². The van der Waals surface area contributed by atoms with Gasteiger partial charge in [0.1, 0.15) is 0 Å². The smallest absolute Gasteiger partial charge is 0.209 e. The number of piperazine rings is 1. The predicted octanol–water partition coefficient (Wildman–Crippen LogP) is -0.310. The molecule has 0 aromatic rings. The van der Waals surface area contributed by atoms with E-state index in [0.717, 1.165) is 44.9 Å². The Balaban J connectivity index is 2.18. The summed E-state index contributed by atoms with van der Waals surface area (Å²) in [6.45, 7) is 4.78. The number of thiol groups is 1. The Bertz CT molecular complexity index is 124. The number of nitrogens with zero attached hydrogens (tertiary/aromatic N) is 2. The van der Waals surface area contributed by atoms with Gasteiger partial charge in [0.25, 0.3) is 0 Å². The van der Waals surface area contributed by atoms with Gasteiger partial charge in [-0.25, -0.2) is 0 Å². The standard InChI is InChI=1S/C7H14N2OS/c10-7-9-3-1-8(2-4-9)5-6-11/h7,11H,1-6H2. The van der Waals surface area contributed by atoms with Crippen molar-refractivity contribution in [3.05, 3.63) is 0 Å². The average molecular weight is 174 g/mol. The van der Waals surface area contributed by atoms with Crippen molar-refractivity contribution >= 4 is 19.0 Å². The second-order valence-corrected chi connectivity index (χ2v) is 3.15. The fraction of sp³-hybridized carbons (Fsp3) is 0.857. The maximum absolute atomic E-state index is 10.3. The Labute approximate surface area is 72.8 Å². The molecule has 0 spiro atoms. The molecule has 4 heteroatoms. The largest absolute Gasteiger partial charge is 0.343 e. The number of rotatable bonds is 3. The predicted molar refractivity (Wildman–Crippen MR) is 47.9 cm³/mol. The minimum Gasteiger partial charge on any atom is -0.343 e. The molecule has 1 aliphatic heterocycles. The van der Waals surface area contributed by atoms with Gasteiger partial charge in [-0.3, -0.25) is 9.69 Å². The van der Waals surface area contributed by atoms with E-state index in [2.05, 4.69) is 17.5 Å². The highest BCUT2D eigenvalue weighted by molar-refractivity contribution is 7.80. The first-order valence-corrected chi connectivity index (χ1v) is 4.52. The van der Waals surface area contributed by atoms with Crippen molar-refractivity contribution in [1.82, 2.24) is 9.80 Å². The molecule has 1 heterocycles. The van der Waals surface area contributed by atoms with Crippen LogP contribution in [0.25, 0.3) is 0 Å². The molecule has 11 heavy (non-hydrogen) atoms. The highest BCUT2D eigenvalue weighted by atomic mass is 32.1. The summed E-state index contributed by atoms with van der Waals surface area (Å²) in [6, 6.07) is 0. The Kier molecular flexibility index (Phi) is 3.72. The molecule has 0 aliphatic carbocycles. The van der Waals surface area contributed by atoms with Crippen molar-refractivity contribution in [3.8, 4) is 0 Å². The van der Waals surface area contributed by atoms with Gasteiger partial charge >= 0.3 is 0 Å². The van der Waals surface area contributed by atoms with Crippen LogP contribution in [-0.2, 0) is 4.79 Å². The van der Waals surface area contributed by atoms with Crippen LogP contribution in [0.4, 0.5) is 0 Å². The third-order valence-corrected chi connectivity index (χ3v) is 2.17. The van der Waals surface area contributed by atoms with E-state index in [1.54, 1.807) is 0 Å². The van der Waals surface area contributed by atoms with Crippen molar-refractivity contribution in [3.63, 3.8) is 0 Å². The van der Waals surface area contributed by atoms with Crippen LogP contribution < -0.4 is 0 Å². The fourth-order valence-corrected chi connectivity index (χ4v) is 1.52. The fourth-order valence-electron chi connectivity index (χ4n) is 1.23. The van der Waals surface area contributed by atoms with Crippen LogP contribution in [0.15, 0.2) is 0 Å². The first kappa shape index (κ1) is 8.87. The van der Waals surface area contributed by atoms with E-state index in [0.29, 0.717) is 0 Å². The molecule has 0 atom stereocenters. The van der Waals surface area contributed by atoms with Crippen molar-refractivity contribution in [1.29, 1.82) is 0 Å². The molecule has 1 rings (SSSR count). The zero-order valence-corrected chi connectivity index (χ0v) is 7.46. The van der Waals surface area contributed by atoms with E-state index in [9.17, 15) is 4.79 Å². The summed E-state index contributed by atoms with van der Waals surface area (Å²) in [5.41, 5.74) is 0. The molecular weight excluding hydrogens is 160 g/mol. The number of hydrogen-bond acceptors (Lipinski definition) is 3. The van der Waals surface area contributed by atoms with Crippen molar-refractivity contribution in [2.75, 3.05) is 38.5 Å². The molecule has 0 aromatic heterocycles. The molecule has 1 amide bonds. The van der Waals surface area contributed by atoms with E-state index in [-0.39, 0.29) is 0 Å². The van der Waals surface area contributed by atoms with Crippen LogP contribution in [0.3, 0.4) is 0 Å². The molecule has 0 aromatic carbocycles. The van der Waals surface area contributed by atoms with Gasteiger partial charge in [-0.05, 0) is 0 Å². The topological polar surface area (TPSA) is 23.6 Å². The molecular formula is C7H14N2OS. The number of hydrogen-bond donors (Lipinski definition) is 1. The van der Waals surface area contributed by atoms with Gasteiger partial charge in [0.15, 0.2) is 0 Å². The molecule has 3 nitrogen and oxygen atoms in total. The van der Waals surface area contributed by atoms with Gasteiger partial charge in [-0.15, -0.1) is 0 Å². The van der Waals surface area contributed by atoms with E-state index >= 15 is 0 Å². The summed E-state index contributed by atoms with van der Waals surface area (Å²) in [6.07, 6.45) is 0.929. The lowest BCUT2D eigenvalue weighted by Gasteiger charge is -2.31. The van der Waals surface area contributed by atoms with E-state index in [1.165, 1.54) is 0 Å². The van der Waals surface area contributed by atoms with Gasteiger partial charge < -0.3 is 4.90 Å². The quantitative estimate of drug-likeness (QED) is 0.469. The zero-order chi connectivity index (χ0) is 8.10. The molecule has 64 valence electrons. The highest BCUT2D eigenvalue weighted by Crippen LogP contribution is 1.98. The monoisotopic (exact) mass is 174 g/mol. The summed E-state index contributed by atoms with van der Waals surface area (Å²) in [5.74, 6) is 0.904. The molecule has 0 radical (unpaired) electrons. The number of amides is 1. The van der Waals surface area contributed by atoms with Gasteiger partial charge in [-0.2, -0.15) is 12.6 Å². The maximum atomic E-state index is 10.3. The third-order valence-electron chi connectivity index (χ3n) is 1.97. The van der Waals surface area contributed by atoms with E-state index in [4.69, 9.17) is 0 Å². The summed E-state index contributed by atoms with van der Waals surface area (Å²) in [4.78, 5) is 14.5. The summed E-state index contributed by atoms with van der Waals surface area (Å²) in [7, 11) is 0. The molecule has 1 saturated heterocycles. The van der Waals surface area contributed by atoms with Crippen LogP contribution in [0.1, 0.15) is 0 Å². The van der Waals surface area contributed by atoms with Crippen molar-refractivity contribution in [2.45, 2.75) is 0 Å². The summed E-state index contributed by atoms with van der Waals surface area (Å²) >= 11 is 4.15. The molecule has 0 unspecified atom stereocenters. The minimum absolute atomic E-state index is 0.872. The first-order chi connectivity index (χ1) is 5.36. The van der Waals surface area contributed by atoms with Crippen molar-refractivity contribution in [2.24, 2.45) is 0 Å². The Morgan fingerprint density at radius 1 is 1.27 bits per heavy atom. The van der Waals surface area contributed by atoms with Crippen LogP contribution in [0.5, 0.6) is 0 Å². The second-order valence-electron chi connectivity index (χ2n) is 2.71. The lowest BCUT2D eigenvalue weighted by Crippen LogP contribution is -2.46.